The van der Waals surface area contributed by atoms with Crippen molar-refractivity contribution in [1.29, 1.82) is 0 Å². The number of methoxy groups -OCH3 is 1. The highest BCUT2D eigenvalue weighted by molar-refractivity contribution is 6.32. The molecular formula is C25H35ClN2O2. The van der Waals surface area contributed by atoms with Gasteiger partial charge in [-0.1, -0.05) is 44.5 Å². The molecule has 0 saturated carbocycles. The summed E-state index contributed by atoms with van der Waals surface area (Å²) in [4.78, 5) is 13.3. The monoisotopic (exact) mass is 430 g/mol. The number of ether oxygens (including phenoxy) is 1. The molecule has 164 valence electrons. The van der Waals surface area contributed by atoms with Gasteiger partial charge in [-0.2, -0.15) is 0 Å². The molecule has 0 unspecified atom stereocenters. The normalized spacial score (nSPS) is 14.0. The van der Waals surface area contributed by atoms with Crippen LogP contribution in [0.4, 0.5) is 0 Å². The predicted octanol–water partition coefficient (Wildman–Crippen LogP) is 6.34. The van der Waals surface area contributed by atoms with Gasteiger partial charge in [0.15, 0.2) is 0 Å². The molecule has 5 heteroatoms. The van der Waals surface area contributed by atoms with Crippen molar-refractivity contribution in [2.45, 2.75) is 40.0 Å². The van der Waals surface area contributed by atoms with Gasteiger partial charge in [-0.25, -0.2) is 0 Å². The molecule has 1 fully saturated rings. The summed E-state index contributed by atoms with van der Waals surface area (Å²) in [6.45, 7) is 12.2. The molecule has 3 rings (SSSR count). The summed E-state index contributed by atoms with van der Waals surface area (Å²) in [6.07, 6.45) is 10.1. The fraction of sp³-hybridized carbons (Fsp3) is 0.400. The molecule has 0 aliphatic carbocycles. The number of carbonyl (C=O) groups excluding carboxylic acids is 1. The van der Waals surface area contributed by atoms with Crippen LogP contribution >= 0.6 is 11.6 Å². The van der Waals surface area contributed by atoms with Crippen molar-refractivity contribution in [1.82, 2.24) is 9.47 Å². The molecule has 0 N–H and O–H groups in total. The van der Waals surface area contributed by atoms with E-state index in [9.17, 15) is 4.79 Å². The Kier molecular flexibility index (Phi) is 11.9. The van der Waals surface area contributed by atoms with Gasteiger partial charge < -0.3 is 14.2 Å². The number of hydrogen-bond donors (Lipinski definition) is 0. The lowest BCUT2D eigenvalue weighted by atomic mass is 10.1. The van der Waals surface area contributed by atoms with E-state index < -0.39 is 0 Å². The van der Waals surface area contributed by atoms with E-state index in [1.165, 1.54) is 38.4 Å². The van der Waals surface area contributed by atoms with Crippen LogP contribution in [0.3, 0.4) is 0 Å². The molecule has 0 radical (unpaired) electrons. The molecule has 30 heavy (non-hydrogen) atoms. The minimum atomic E-state index is 0.493. The lowest BCUT2D eigenvalue weighted by molar-refractivity contribution is -0.104. The average molecular weight is 431 g/mol. The minimum Gasteiger partial charge on any atom is -0.497 e. The molecule has 0 atom stereocenters. The van der Waals surface area contributed by atoms with Gasteiger partial charge in [0.2, 0.25) is 0 Å². The second-order valence-electron chi connectivity index (χ2n) is 6.87. The molecule has 0 spiro atoms. The Bertz CT molecular complexity index is 806. The lowest BCUT2D eigenvalue weighted by Crippen LogP contribution is -2.24. The maximum absolute atomic E-state index is 10.9. The molecule has 2 heterocycles. The second-order valence-corrected chi connectivity index (χ2v) is 7.28. The first kappa shape index (κ1) is 25.7. The van der Waals surface area contributed by atoms with E-state index in [0.29, 0.717) is 10.6 Å². The number of likely N-dealkylation sites (tertiary alicyclic amines) is 1. The van der Waals surface area contributed by atoms with Gasteiger partial charge in [0.05, 0.1) is 12.1 Å². The number of halogens is 1. The molecule has 1 aliphatic heterocycles. The van der Waals surface area contributed by atoms with E-state index in [-0.39, 0.29) is 0 Å². The van der Waals surface area contributed by atoms with Crippen LogP contribution in [0.1, 0.15) is 44.4 Å². The topological polar surface area (TPSA) is 34.5 Å². The van der Waals surface area contributed by atoms with Crippen LogP contribution in [-0.4, -0.2) is 43.0 Å². The van der Waals surface area contributed by atoms with Crippen LogP contribution in [0, 0.1) is 6.92 Å². The molecule has 1 aromatic carbocycles. The zero-order chi connectivity index (χ0) is 22.5. The van der Waals surface area contributed by atoms with Crippen molar-refractivity contribution >= 4 is 24.0 Å². The third-order valence-electron chi connectivity index (χ3n) is 4.86. The fourth-order valence-electron chi connectivity index (χ4n) is 3.13. The Morgan fingerprint density at radius 1 is 1.13 bits per heavy atom. The molecule has 1 aliphatic rings. The maximum atomic E-state index is 10.9. The molecule has 1 aromatic heterocycles. The number of aldehydes is 1. The molecule has 2 aromatic rings. The number of benzene rings is 1. The van der Waals surface area contributed by atoms with Crippen LogP contribution in [0.25, 0.3) is 11.8 Å². The predicted molar refractivity (Wildman–Crippen MR) is 129 cm³/mol. The molecule has 4 nitrogen and oxygen atoms in total. The van der Waals surface area contributed by atoms with Gasteiger partial charge in [0.1, 0.15) is 12.0 Å². The van der Waals surface area contributed by atoms with E-state index in [1.54, 1.807) is 13.2 Å². The van der Waals surface area contributed by atoms with E-state index in [0.717, 1.165) is 29.0 Å². The van der Waals surface area contributed by atoms with Gasteiger partial charge in [-0.15, -0.1) is 0 Å². The van der Waals surface area contributed by atoms with Gasteiger partial charge >= 0.3 is 0 Å². The quantitative estimate of drug-likeness (QED) is 0.315. The fourth-order valence-corrected chi connectivity index (χ4v) is 3.42. The Morgan fingerprint density at radius 3 is 2.17 bits per heavy atom. The third kappa shape index (κ3) is 7.51. The highest BCUT2D eigenvalue weighted by Crippen LogP contribution is 2.28. The molecular weight excluding hydrogens is 396 g/mol. The second kappa shape index (κ2) is 13.8. The number of piperidine rings is 1. The Balaban J connectivity index is 0.000000418. The number of hydrogen-bond acceptors (Lipinski definition) is 3. The highest BCUT2D eigenvalue weighted by Gasteiger charge is 2.11. The Morgan fingerprint density at radius 2 is 1.73 bits per heavy atom. The summed E-state index contributed by atoms with van der Waals surface area (Å²) >= 11 is 6.28. The Hall–Kier alpha value is -2.30. The van der Waals surface area contributed by atoms with Crippen molar-refractivity contribution < 1.29 is 9.53 Å². The van der Waals surface area contributed by atoms with Crippen molar-refractivity contribution in [2.75, 3.05) is 27.2 Å². The van der Waals surface area contributed by atoms with E-state index in [2.05, 4.69) is 18.5 Å². The van der Waals surface area contributed by atoms with Crippen LogP contribution in [0.5, 0.6) is 5.75 Å². The smallest absolute Gasteiger partial charge is 0.150 e. The van der Waals surface area contributed by atoms with Gasteiger partial charge in [0, 0.05) is 28.7 Å². The standard InChI is InChI=1S/C17H16ClNO2.C6H13N.C2H6/c1-4-13(11-20)9-16-12(2)19(10-17(16)18)14-5-7-15(21-3)8-6-14;1-7-5-3-2-4-6-7;1-2/h4-11H,1H2,2-3H3;2-6H2,1H3;1-2H3/b13-9+;;. The summed E-state index contributed by atoms with van der Waals surface area (Å²) < 4.78 is 7.12. The number of nitrogens with zero attached hydrogens (tertiary/aromatic N) is 2. The zero-order valence-corrected chi connectivity index (χ0v) is 19.7. The van der Waals surface area contributed by atoms with Gasteiger partial charge in [-0.05, 0) is 70.2 Å². The van der Waals surface area contributed by atoms with Crippen molar-refractivity contribution in [3.8, 4) is 11.4 Å². The van der Waals surface area contributed by atoms with Crippen molar-refractivity contribution in [2.24, 2.45) is 0 Å². The van der Waals surface area contributed by atoms with E-state index >= 15 is 0 Å². The zero-order valence-electron chi connectivity index (χ0n) is 19.0. The van der Waals surface area contributed by atoms with Crippen molar-refractivity contribution in [3.05, 3.63) is 65.0 Å². The SMILES string of the molecule is C=C/C(C=O)=C\c1c(Cl)cn(-c2ccc(OC)cc2)c1C.CC.CN1CCCCC1. The summed E-state index contributed by atoms with van der Waals surface area (Å²) in [7, 11) is 3.82. The summed E-state index contributed by atoms with van der Waals surface area (Å²) in [5.74, 6) is 0.796. The van der Waals surface area contributed by atoms with Gasteiger partial charge in [-0.3, -0.25) is 4.79 Å². The molecule has 0 amide bonds. The van der Waals surface area contributed by atoms with Crippen LogP contribution in [0.2, 0.25) is 5.02 Å². The van der Waals surface area contributed by atoms with Crippen LogP contribution in [-0.2, 0) is 4.79 Å². The number of carbonyl (C=O) groups is 1. The first-order valence-electron chi connectivity index (χ1n) is 10.5. The van der Waals surface area contributed by atoms with E-state index in [1.807, 2.05) is 55.8 Å². The van der Waals surface area contributed by atoms with Crippen molar-refractivity contribution in [3.63, 3.8) is 0 Å². The largest absolute Gasteiger partial charge is 0.497 e. The van der Waals surface area contributed by atoms with Gasteiger partial charge in [0.25, 0.3) is 0 Å². The highest BCUT2D eigenvalue weighted by atomic mass is 35.5. The Labute approximate surface area is 186 Å². The lowest BCUT2D eigenvalue weighted by Gasteiger charge is -2.20. The number of aromatic nitrogens is 1. The maximum Gasteiger partial charge on any atom is 0.150 e. The van der Waals surface area contributed by atoms with E-state index in [4.69, 9.17) is 16.3 Å². The van der Waals surface area contributed by atoms with Crippen LogP contribution in [0.15, 0.2) is 48.7 Å². The van der Waals surface area contributed by atoms with Crippen LogP contribution < -0.4 is 4.74 Å². The summed E-state index contributed by atoms with van der Waals surface area (Å²) in [5, 5.41) is 0.588. The molecule has 1 saturated heterocycles. The average Bonchev–Trinajstić information content (AvgIpc) is 3.07. The molecule has 0 bridgehead atoms. The third-order valence-corrected chi connectivity index (χ3v) is 5.17. The summed E-state index contributed by atoms with van der Waals surface area (Å²) in [5.41, 5.74) is 3.23. The first-order chi connectivity index (χ1) is 14.5. The number of rotatable bonds is 5. The minimum absolute atomic E-state index is 0.493. The first-order valence-corrected chi connectivity index (χ1v) is 10.9. The summed E-state index contributed by atoms with van der Waals surface area (Å²) in [6, 6.07) is 7.67. The number of allylic oxidation sites excluding steroid dienone is 2.